The molecule has 0 aliphatic rings. The van der Waals surface area contributed by atoms with Gasteiger partial charge in [0.25, 0.3) is 0 Å². The van der Waals surface area contributed by atoms with Gasteiger partial charge in [-0.3, -0.25) is 0 Å². The number of allylic oxidation sites excluding steroid dienone is 2. The van der Waals surface area contributed by atoms with Crippen molar-refractivity contribution < 1.29 is 0 Å². The Morgan fingerprint density at radius 1 is 1.55 bits per heavy atom. The van der Waals surface area contributed by atoms with E-state index in [4.69, 9.17) is 0 Å². The van der Waals surface area contributed by atoms with Crippen LogP contribution in [0.3, 0.4) is 0 Å². The molecule has 64 valence electrons. The van der Waals surface area contributed by atoms with E-state index in [0.717, 1.165) is 4.91 Å². The minimum Gasteiger partial charge on any atom is -0.103 e. The quantitative estimate of drug-likeness (QED) is 0.609. The summed E-state index contributed by atoms with van der Waals surface area (Å²) in [6.45, 7) is 12.5. The average molecular weight is 170 g/mol. The topological polar surface area (TPSA) is 0 Å². The van der Waals surface area contributed by atoms with Gasteiger partial charge in [-0.2, -0.15) is 0 Å². The van der Waals surface area contributed by atoms with Crippen molar-refractivity contribution in [2.45, 2.75) is 34.1 Å². The van der Waals surface area contributed by atoms with Gasteiger partial charge in [-0.15, -0.1) is 11.8 Å². The Morgan fingerprint density at radius 3 is 2.45 bits per heavy atom. The van der Waals surface area contributed by atoms with E-state index >= 15 is 0 Å². The molecule has 0 heterocycles. The van der Waals surface area contributed by atoms with Crippen LogP contribution in [0.5, 0.6) is 0 Å². The zero-order valence-electron chi connectivity index (χ0n) is 7.98. The maximum absolute atomic E-state index is 3.83. The van der Waals surface area contributed by atoms with Gasteiger partial charge in [0.15, 0.2) is 0 Å². The van der Waals surface area contributed by atoms with Crippen LogP contribution in [-0.4, -0.2) is 0 Å². The predicted octanol–water partition coefficient (Wildman–Crippen LogP) is 4.20. The van der Waals surface area contributed by atoms with E-state index in [1.54, 1.807) is 11.8 Å². The van der Waals surface area contributed by atoms with Gasteiger partial charge in [0.2, 0.25) is 0 Å². The molecule has 0 unspecified atom stereocenters. The van der Waals surface area contributed by atoms with Crippen LogP contribution in [0.15, 0.2) is 22.5 Å². The Balaban J connectivity index is 3.89. The molecular weight excluding hydrogens is 152 g/mol. The van der Waals surface area contributed by atoms with Crippen molar-refractivity contribution in [2.24, 2.45) is 5.92 Å². The lowest BCUT2D eigenvalue weighted by molar-refractivity contribution is 0.657. The van der Waals surface area contributed by atoms with Crippen molar-refractivity contribution in [3.05, 3.63) is 22.5 Å². The van der Waals surface area contributed by atoms with Crippen LogP contribution in [0.4, 0.5) is 0 Å². The third kappa shape index (κ3) is 5.14. The summed E-state index contributed by atoms with van der Waals surface area (Å²) < 4.78 is 0. The van der Waals surface area contributed by atoms with E-state index in [0.29, 0.717) is 5.92 Å². The van der Waals surface area contributed by atoms with Gasteiger partial charge in [-0.1, -0.05) is 26.0 Å². The normalized spacial score (nSPS) is 14.7. The first-order valence-corrected chi connectivity index (χ1v) is 4.94. The van der Waals surface area contributed by atoms with Gasteiger partial charge >= 0.3 is 0 Å². The summed E-state index contributed by atoms with van der Waals surface area (Å²) in [5.74, 6) is 0.710. The molecular formula is C10H18S. The molecule has 0 spiro atoms. The molecule has 0 bridgehead atoms. The fourth-order valence-corrected chi connectivity index (χ4v) is 1.25. The predicted molar refractivity (Wildman–Crippen MR) is 55.6 cm³/mol. The molecule has 0 aromatic rings. The van der Waals surface area contributed by atoms with Gasteiger partial charge in [-0.25, -0.2) is 0 Å². The highest BCUT2D eigenvalue weighted by Gasteiger charge is 1.99. The molecule has 0 aromatic carbocycles. The zero-order chi connectivity index (χ0) is 8.85. The van der Waals surface area contributed by atoms with Crippen LogP contribution in [0.2, 0.25) is 0 Å². The second kappa shape index (κ2) is 5.48. The summed E-state index contributed by atoms with van der Waals surface area (Å²) in [6, 6.07) is 0. The van der Waals surface area contributed by atoms with Crippen LogP contribution in [-0.2, 0) is 0 Å². The van der Waals surface area contributed by atoms with E-state index < -0.39 is 0 Å². The SMILES string of the molecule is C=C(C)S/C=C(/C)[C@H](C)CC. The molecule has 0 aliphatic heterocycles. The molecule has 11 heavy (non-hydrogen) atoms. The fraction of sp³-hybridized carbons (Fsp3) is 0.600. The molecule has 1 atom stereocenters. The molecule has 0 saturated carbocycles. The lowest BCUT2D eigenvalue weighted by Gasteiger charge is -2.07. The van der Waals surface area contributed by atoms with E-state index in [1.165, 1.54) is 12.0 Å². The average Bonchev–Trinajstić information content (AvgIpc) is 1.98. The molecule has 0 aliphatic carbocycles. The van der Waals surface area contributed by atoms with Gasteiger partial charge in [0, 0.05) is 0 Å². The highest BCUT2D eigenvalue weighted by Crippen LogP contribution is 2.21. The number of thioether (sulfide) groups is 1. The van der Waals surface area contributed by atoms with Crippen LogP contribution in [0.1, 0.15) is 34.1 Å². The third-order valence-corrected chi connectivity index (χ3v) is 2.73. The summed E-state index contributed by atoms with van der Waals surface area (Å²) in [5, 5.41) is 2.20. The van der Waals surface area contributed by atoms with Crippen molar-refractivity contribution in [1.29, 1.82) is 0 Å². The van der Waals surface area contributed by atoms with Crippen molar-refractivity contribution in [3.8, 4) is 0 Å². The van der Waals surface area contributed by atoms with E-state index in [1.807, 2.05) is 6.92 Å². The van der Waals surface area contributed by atoms with E-state index in [2.05, 4.69) is 32.8 Å². The molecule has 0 amide bonds. The molecule has 0 saturated heterocycles. The summed E-state index contributed by atoms with van der Waals surface area (Å²) in [5.41, 5.74) is 1.46. The molecule has 0 nitrogen and oxygen atoms in total. The first-order chi connectivity index (χ1) is 5.07. The maximum atomic E-state index is 3.83. The van der Waals surface area contributed by atoms with Gasteiger partial charge < -0.3 is 0 Å². The van der Waals surface area contributed by atoms with Gasteiger partial charge in [-0.05, 0) is 36.5 Å². The monoisotopic (exact) mass is 170 g/mol. The third-order valence-electron chi connectivity index (χ3n) is 1.84. The Kier molecular flexibility index (Phi) is 5.39. The lowest BCUT2D eigenvalue weighted by Crippen LogP contribution is -1.91. The molecule has 1 heteroatoms. The number of hydrogen-bond acceptors (Lipinski definition) is 1. The first kappa shape index (κ1) is 10.8. The molecule has 0 aromatic heterocycles. The minimum atomic E-state index is 0.710. The first-order valence-electron chi connectivity index (χ1n) is 4.06. The summed E-state index contributed by atoms with van der Waals surface area (Å²) >= 11 is 1.73. The van der Waals surface area contributed by atoms with Crippen molar-refractivity contribution in [3.63, 3.8) is 0 Å². The second-order valence-electron chi connectivity index (χ2n) is 2.99. The molecule has 0 rings (SSSR count). The molecule has 0 N–H and O–H groups in total. The Hall–Kier alpha value is -0.170. The highest BCUT2D eigenvalue weighted by molar-refractivity contribution is 8.05. The van der Waals surface area contributed by atoms with Crippen LogP contribution in [0, 0.1) is 5.92 Å². The van der Waals surface area contributed by atoms with E-state index in [-0.39, 0.29) is 0 Å². The van der Waals surface area contributed by atoms with Crippen molar-refractivity contribution in [2.75, 3.05) is 0 Å². The van der Waals surface area contributed by atoms with Crippen LogP contribution in [0.25, 0.3) is 0 Å². The lowest BCUT2D eigenvalue weighted by atomic mass is 10.0. The van der Waals surface area contributed by atoms with Crippen LogP contribution < -0.4 is 0 Å². The standard InChI is InChI=1S/C10H18S/c1-6-9(4)10(5)7-11-8(2)3/h7,9H,2,6H2,1,3-5H3/b10-7-/t9-/m1/s1. The summed E-state index contributed by atoms with van der Waals surface area (Å²) in [6.07, 6.45) is 1.22. The Bertz CT molecular complexity index is 156. The number of rotatable bonds is 4. The largest absolute Gasteiger partial charge is 0.103 e. The van der Waals surface area contributed by atoms with Gasteiger partial charge in [0.05, 0.1) is 0 Å². The maximum Gasteiger partial charge on any atom is -0.0211 e. The minimum absolute atomic E-state index is 0.710. The zero-order valence-corrected chi connectivity index (χ0v) is 8.79. The van der Waals surface area contributed by atoms with Crippen LogP contribution >= 0.6 is 11.8 Å². The fourth-order valence-electron chi connectivity index (χ4n) is 0.632. The van der Waals surface area contributed by atoms with Crippen molar-refractivity contribution >= 4 is 11.8 Å². The summed E-state index contributed by atoms with van der Waals surface area (Å²) in [4.78, 5) is 1.16. The smallest absolute Gasteiger partial charge is 0.0211 e. The van der Waals surface area contributed by atoms with Crippen molar-refractivity contribution in [1.82, 2.24) is 0 Å². The molecule has 0 fully saturated rings. The summed E-state index contributed by atoms with van der Waals surface area (Å²) in [7, 11) is 0. The Labute approximate surface area is 74.8 Å². The molecule has 0 radical (unpaired) electrons. The number of hydrogen-bond donors (Lipinski definition) is 0. The highest BCUT2D eigenvalue weighted by atomic mass is 32.2. The second-order valence-corrected chi connectivity index (χ2v) is 4.16. The van der Waals surface area contributed by atoms with E-state index in [9.17, 15) is 0 Å². The Morgan fingerprint density at radius 2 is 2.09 bits per heavy atom. The van der Waals surface area contributed by atoms with Gasteiger partial charge in [0.1, 0.15) is 0 Å².